The molecule has 0 N–H and O–H groups in total. The van der Waals surface area contributed by atoms with E-state index < -0.39 is 20.8 Å². The number of Topliss-reactive ketones (excluding diaryl/α,β-unsaturated/α-hetero) is 1. The highest BCUT2D eigenvalue weighted by Gasteiger charge is 2.23. The molecule has 6 heteroatoms. The Balaban J connectivity index is 2.43. The molecule has 0 heterocycles. The topological polar surface area (TPSA) is 60.4 Å². The molecule has 0 aliphatic rings. The summed E-state index contributed by atoms with van der Waals surface area (Å²) >= 11 is 0. The summed E-state index contributed by atoms with van der Waals surface area (Å²) in [5, 5.41) is 0. The van der Waals surface area contributed by atoms with Crippen molar-refractivity contribution in [2.45, 2.75) is 18.2 Å². The van der Waals surface area contributed by atoms with Gasteiger partial charge in [-0.05, 0) is 24.3 Å². The first-order valence-corrected chi connectivity index (χ1v) is 7.67. The molecular weight excluding hydrogens is 295 g/mol. The molecule has 4 nitrogen and oxygen atoms in total. The molecule has 0 spiro atoms. The van der Waals surface area contributed by atoms with Crippen LogP contribution in [0.4, 0.5) is 4.39 Å². The molecule has 0 fully saturated rings. The minimum atomic E-state index is -4.34. The van der Waals surface area contributed by atoms with Crippen LogP contribution in [0, 0.1) is 5.82 Å². The van der Waals surface area contributed by atoms with E-state index in [9.17, 15) is 17.6 Å². The third-order valence-electron chi connectivity index (χ3n) is 2.81. The zero-order valence-electron chi connectivity index (χ0n) is 11.2. The maximum absolute atomic E-state index is 13.6. The van der Waals surface area contributed by atoms with E-state index in [2.05, 4.69) is 0 Å². The number of carbonyl (C=O) groups excluding carboxylic acids is 1. The van der Waals surface area contributed by atoms with E-state index in [-0.39, 0.29) is 23.5 Å². The molecule has 0 radical (unpaired) electrons. The van der Waals surface area contributed by atoms with Crippen molar-refractivity contribution in [3.8, 4) is 5.75 Å². The van der Waals surface area contributed by atoms with Crippen LogP contribution in [0.25, 0.3) is 0 Å². The molecule has 0 aliphatic carbocycles. The van der Waals surface area contributed by atoms with Crippen LogP contribution < -0.4 is 4.18 Å². The van der Waals surface area contributed by atoms with Crippen LogP contribution in [-0.4, -0.2) is 14.2 Å². The smallest absolute Gasteiger partial charge is 0.342 e. The highest BCUT2D eigenvalue weighted by molar-refractivity contribution is 7.87. The molecule has 2 aromatic carbocycles. The van der Waals surface area contributed by atoms with Crippen LogP contribution in [0.5, 0.6) is 5.75 Å². The lowest BCUT2D eigenvalue weighted by molar-refractivity contribution is 0.0986. The van der Waals surface area contributed by atoms with Gasteiger partial charge >= 0.3 is 10.1 Å². The highest BCUT2D eigenvalue weighted by atomic mass is 32.2. The fraction of sp³-hybridized carbons (Fsp3) is 0.133. The number of hydrogen-bond acceptors (Lipinski definition) is 4. The molecular formula is C15H13FO4S. The Labute approximate surface area is 122 Å². The lowest BCUT2D eigenvalue weighted by Gasteiger charge is -2.10. The Morgan fingerprint density at radius 3 is 2.38 bits per heavy atom. The van der Waals surface area contributed by atoms with Crippen molar-refractivity contribution in [3.63, 3.8) is 0 Å². The Morgan fingerprint density at radius 1 is 1.10 bits per heavy atom. The van der Waals surface area contributed by atoms with Gasteiger partial charge in [0, 0.05) is 6.42 Å². The van der Waals surface area contributed by atoms with Crippen LogP contribution in [0.1, 0.15) is 23.7 Å². The normalized spacial score (nSPS) is 11.1. The van der Waals surface area contributed by atoms with E-state index in [0.717, 1.165) is 12.1 Å². The second-order valence-corrected chi connectivity index (χ2v) is 5.76. The van der Waals surface area contributed by atoms with Crippen molar-refractivity contribution in [1.29, 1.82) is 0 Å². The summed E-state index contributed by atoms with van der Waals surface area (Å²) in [6.07, 6.45) is 0.208. The van der Waals surface area contributed by atoms with Crippen molar-refractivity contribution >= 4 is 15.9 Å². The van der Waals surface area contributed by atoms with Crippen molar-refractivity contribution in [2.75, 3.05) is 0 Å². The SMILES string of the molecule is CCC(=O)c1ccccc1OS(=O)(=O)c1ccccc1F. The van der Waals surface area contributed by atoms with Gasteiger partial charge in [-0.3, -0.25) is 4.79 Å². The van der Waals surface area contributed by atoms with E-state index in [1.807, 2.05) is 0 Å². The van der Waals surface area contributed by atoms with Gasteiger partial charge in [0.1, 0.15) is 10.7 Å². The van der Waals surface area contributed by atoms with E-state index in [4.69, 9.17) is 4.18 Å². The number of benzene rings is 2. The molecule has 0 saturated carbocycles. The van der Waals surface area contributed by atoms with Crippen molar-refractivity contribution in [3.05, 3.63) is 59.9 Å². The number of ketones is 1. The van der Waals surface area contributed by atoms with Gasteiger partial charge in [0.15, 0.2) is 11.5 Å². The highest BCUT2D eigenvalue weighted by Crippen LogP contribution is 2.25. The molecule has 0 unspecified atom stereocenters. The van der Waals surface area contributed by atoms with E-state index in [1.54, 1.807) is 19.1 Å². The minimum Gasteiger partial charge on any atom is -0.378 e. The summed E-state index contributed by atoms with van der Waals surface area (Å²) in [7, 11) is -4.34. The number of hydrogen-bond donors (Lipinski definition) is 0. The maximum Gasteiger partial charge on any atom is 0.342 e. The molecule has 2 rings (SSSR count). The molecule has 0 amide bonds. The van der Waals surface area contributed by atoms with Gasteiger partial charge in [-0.15, -0.1) is 0 Å². The molecule has 21 heavy (non-hydrogen) atoms. The number of carbonyl (C=O) groups is 1. The first-order valence-electron chi connectivity index (χ1n) is 6.27. The predicted molar refractivity (Wildman–Crippen MR) is 75.3 cm³/mol. The molecule has 0 bridgehead atoms. The lowest BCUT2D eigenvalue weighted by Crippen LogP contribution is -2.13. The second-order valence-electron chi connectivity index (χ2n) is 4.24. The Hall–Kier alpha value is -2.21. The number of halogens is 1. The molecule has 2 aromatic rings. The number of para-hydroxylation sites is 1. The molecule has 0 aromatic heterocycles. The van der Waals surface area contributed by atoms with Gasteiger partial charge in [-0.2, -0.15) is 8.42 Å². The van der Waals surface area contributed by atoms with Crippen LogP contribution in [0.3, 0.4) is 0 Å². The van der Waals surface area contributed by atoms with Gasteiger partial charge in [0.2, 0.25) is 0 Å². The van der Waals surface area contributed by atoms with Crippen LogP contribution >= 0.6 is 0 Å². The summed E-state index contributed by atoms with van der Waals surface area (Å²) in [5.41, 5.74) is 0.153. The Bertz CT molecular complexity index is 769. The van der Waals surface area contributed by atoms with Crippen molar-refractivity contribution in [2.24, 2.45) is 0 Å². The summed E-state index contributed by atoms with van der Waals surface area (Å²) < 4.78 is 42.7. The van der Waals surface area contributed by atoms with Gasteiger partial charge < -0.3 is 4.18 Å². The molecule has 0 atom stereocenters. The monoisotopic (exact) mass is 308 g/mol. The Kier molecular flexibility index (Phi) is 4.37. The number of rotatable bonds is 5. The summed E-state index contributed by atoms with van der Waals surface area (Å²) in [6, 6.07) is 10.9. The van der Waals surface area contributed by atoms with Crippen molar-refractivity contribution < 1.29 is 21.8 Å². The second kappa shape index (κ2) is 6.05. The van der Waals surface area contributed by atoms with Crippen molar-refractivity contribution in [1.82, 2.24) is 0 Å². The van der Waals surface area contributed by atoms with Crippen LogP contribution in [0.2, 0.25) is 0 Å². The van der Waals surface area contributed by atoms with Gasteiger partial charge in [-0.1, -0.05) is 31.2 Å². The zero-order chi connectivity index (χ0) is 15.5. The lowest BCUT2D eigenvalue weighted by atomic mass is 10.1. The average molecular weight is 308 g/mol. The molecule has 0 aliphatic heterocycles. The third kappa shape index (κ3) is 3.28. The fourth-order valence-corrected chi connectivity index (χ4v) is 2.79. The first kappa shape index (κ1) is 15.2. The van der Waals surface area contributed by atoms with E-state index in [0.29, 0.717) is 0 Å². The quantitative estimate of drug-likeness (QED) is 0.628. The van der Waals surface area contributed by atoms with E-state index in [1.165, 1.54) is 24.3 Å². The van der Waals surface area contributed by atoms with E-state index >= 15 is 0 Å². The predicted octanol–water partition coefficient (Wildman–Crippen LogP) is 3.19. The molecule has 110 valence electrons. The van der Waals surface area contributed by atoms with Crippen LogP contribution in [0.15, 0.2) is 53.4 Å². The largest absolute Gasteiger partial charge is 0.378 e. The fourth-order valence-electron chi connectivity index (χ4n) is 1.77. The maximum atomic E-state index is 13.6. The summed E-state index contributed by atoms with van der Waals surface area (Å²) in [5.74, 6) is -1.27. The van der Waals surface area contributed by atoms with Gasteiger partial charge in [0.25, 0.3) is 0 Å². The first-order chi connectivity index (χ1) is 9.95. The van der Waals surface area contributed by atoms with Crippen LogP contribution in [-0.2, 0) is 10.1 Å². The minimum absolute atomic E-state index is 0.104. The standard InChI is InChI=1S/C15H13FO4S/c1-2-13(17)11-7-3-5-9-14(11)20-21(18,19)15-10-6-4-8-12(15)16/h3-10H,2H2,1H3. The van der Waals surface area contributed by atoms with Gasteiger partial charge in [0.05, 0.1) is 5.56 Å². The zero-order valence-corrected chi connectivity index (χ0v) is 12.1. The Morgan fingerprint density at radius 2 is 1.71 bits per heavy atom. The molecule has 0 saturated heterocycles. The van der Waals surface area contributed by atoms with Gasteiger partial charge in [-0.25, -0.2) is 4.39 Å². The third-order valence-corrected chi connectivity index (χ3v) is 4.08. The summed E-state index contributed by atoms with van der Waals surface area (Å²) in [4.78, 5) is 11.2. The summed E-state index contributed by atoms with van der Waals surface area (Å²) in [6.45, 7) is 1.66. The average Bonchev–Trinajstić information content (AvgIpc) is 2.47.